The number of benzene rings is 2. The molecule has 0 aromatic heterocycles. The van der Waals surface area contributed by atoms with Gasteiger partial charge in [-0.1, -0.05) is 15.9 Å². The van der Waals surface area contributed by atoms with Crippen molar-refractivity contribution in [3.8, 4) is 11.5 Å². The third kappa shape index (κ3) is 3.19. The van der Waals surface area contributed by atoms with Gasteiger partial charge in [0.1, 0.15) is 18.1 Å². The van der Waals surface area contributed by atoms with Crippen LogP contribution in [-0.4, -0.2) is 17.6 Å². The average Bonchev–Trinajstić information content (AvgIpc) is 2.48. The van der Waals surface area contributed by atoms with Crippen molar-refractivity contribution in [2.45, 2.75) is 6.42 Å². The fourth-order valence-corrected chi connectivity index (χ4v) is 2.59. The first-order valence-electron chi connectivity index (χ1n) is 6.63. The van der Waals surface area contributed by atoms with Gasteiger partial charge in [0.25, 0.3) is 0 Å². The molecule has 1 aliphatic heterocycles. The summed E-state index contributed by atoms with van der Waals surface area (Å²) < 4.78 is 6.55. The van der Waals surface area contributed by atoms with Gasteiger partial charge in [0.2, 0.25) is 5.91 Å². The monoisotopic (exact) mass is 347 g/mol. The van der Waals surface area contributed by atoms with E-state index in [0.29, 0.717) is 13.0 Å². The molecule has 0 radical (unpaired) electrons. The fraction of sp³-hybridized carbons (Fsp3) is 0.188. The van der Waals surface area contributed by atoms with E-state index in [1.165, 1.54) is 0 Å². The lowest BCUT2D eigenvalue weighted by Crippen LogP contribution is -2.32. The van der Waals surface area contributed by atoms with E-state index < -0.39 is 0 Å². The van der Waals surface area contributed by atoms with Gasteiger partial charge < -0.3 is 15.2 Å². The first-order valence-corrected chi connectivity index (χ1v) is 7.42. The molecular weight excluding hydrogens is 334 g/mol. The Morgan fingerprint density at radius 1 is 1.24 bits per heavy atom. The van der Waals surface area contributed by atoms with E-state index in [1.54, 1.807) is 18.2 Å². The molecule has 0 spiro atoms. The third-order valence-electron chi connectivity index (χ3n) is 3.43. The summed E-state index contributed by atoms with van der Waals surface area (Å²) in [5.41, 5.74) is 1.61. The molecule has 3 rings (SSSR count). The number of hydrogen-bond acceptors (Lipinski definition) is 3. The minimum absolute atomic E-state index is 0.0775. The third-order valence-corrected chi connectivity index (χ3v) is 3.96. The van der Waals surface area contributed by atoms with Crippen LogP contribution < -0.4 is 10.1 Å². The van der Waals surface area contributed by atoms with Gasteiger partial charge in [-0.25, -0.2) is 0 Å². The van der Waals surface area contributed by atoms with Crippen LogP contribution in [0.4, 0.5) is 5.69 Å². The van der Waals surface area contributed by atoms with Crippen molar-refractivity contribution in [1.29, 1.82) is 0 Å². The Morgan fingerprint density at radius 3 is 2.76 bits per heavy atom. The van der Waals surface area contributed by atoms with Crippen molar-refractivity contribution in [1.82, 2.24) is 0 Å². The van der Waals surface area contributed by atoms with E-state index >= 15 is 0 Å². The van der Waals surface area contributed by atoms with Crippen molar-refractivity contribution in [3.63, 3.8) is 0 Å². The van der Waals surface area contributed by atoms with Crippen molar-refractivity contribution in [3.05, 3.63) is 52.5 Å². The summed E-state index contributed by atoms with van der Waals surface area (Å²) >= 11 is 3.36. The number of carbonyl (C=O) groups excluding carboxylic acids is 1. The first kappa shape index (κ1) is 13.9. The summed E-state index contributed by atoms with van der Waals surface area (Å²) in [7, 11) is 0. The summed E-state index contributed by atoms with van der Waals surface area (Å²) in [6.45, 7) is 0.347. The van der Waals surface area contributed by atoms with E-state index in [2.05, 4.69) is 21.2 Å². The molecule has 0 aliphatic carbocycles. The summed E-state index contributed by atoms with van der Waals surface area (Å²) in [5.74, 6) is 0.584. The maximum atomic E-state index is 12.3. The highest BCUT2D eigenvalue weighted by Crippen LogP contribution is 2.30. The van der Waals surface area contributed by atoms with Crippen LogP contribution in [-0.2, 0) is 11.2 Å². The van der Waals surface area contributed by atoms with Crippen molar-refractivity contribution in [2.75, 3.05) is 11.9 Å². The van der Waals surface area contributed by atoms with Crippen LogP contribution in [0.2, 0.25) is 0 Å². The lowest BCUT2D eigenvalue weighted by Gasteiger charge is -2.24. The molecular formula is C16H14BrNO3. The van der Waals surface area contributed by atoms with Gasteiger partial charge in [0.15, 0.2) is 0 Å². The SMILES string of the molecule is O=C(Nc1ccc(Br)cc1)[C@H]1COc2ccc(O)cc2C1. The number of anilines is 1. The van der Waals surface area contributed by atoms with Crippen LogP contribution >= 0.6 is 15.9 Å². The van der Waals surface area contributed by atoms with E-state index in [1.807, 2.05) is 24.3 Å². The molecule has 108 valence electrons. The molecule has 1 amide bonds. The zero-order chi connectivity index (χ0) is 14.8. The predicted octanol–water partition coefficient (Wildman–Crippen LogP) is 3.34. The Balaban J connectivity index is 1.70. The van der Waals surface area contributed by atoms with Gasteiger partial charge in [-0.3, -0.25) is 4.79 Å². The Morgan fingerprint density at radius 2 is 2.00 bits per heavy atom. The molecule has 2 aromatic rings. The molecule has 0 bridgehead atoms. The molecule has 1 atom stereocenters. The molecule has 0 unspecified atom stereocenters. The Hall–Kier alpha value is -2.01. The number of fused-ring (bicyclic) bond motifs is 1. The maximum Gasteiger partial charge on any atom is 0.231 e. The molecule has 21 heavy (non-hydrogen) atoms. The van der Waals surface area contributed by atoms with Crippen LogP contribution in [0.25, 0.3) is 0 Å². The van der Waals surface area contributed by atoms with Crippen LogP contribution in [0, 0.1) is 5.92 Å². The number of nitrogens with one attached hydrogen (secondary N) is 1. The number of phenolic OH excluding ortho intramolecular Hbond substituents is 1. The van der Waals surface area contributed by atoms with Gasteiger partial charge in [-0.2, -0.15) is 0 Å². The zero-order valence-electron chi connectivity index (χ0n) is 11.2. The summed E-state index contributed by atoms with van der Waals surface area (Å²) in [6, 6.07) is 12.4. The quantitative estimate of drug-likeness (QED) is 0.875. The molecule has 2 aromatic carbocycles. The summed E-state index contributed by atoms with van der Waals surface area (Å²) in [4.78, 5) is 12.3. The molecule has 2 N–H and O–H groups in total. The number of phenols is 1. The maximum absolute atomic E-state index is 12.3. The fourth-order valence-electron chi connectivity index (χ4n) is 2.33. The van der Waals surface area contributed by atoms with Gasteiger partial charge in [0.05, 0.1) is 5.92 Å². The molecule has 5 heteroatoms. The number of aromatic hydroxyl groups is 1. The number of carbonyl (C=O) groups is 1. The van der Waals surface area contributed by atoms with E-state index in [9.17, 15) is 9.90 Å². The normalized spacial score (nSPS) is 16.7. The van der Waals surface area contributed by atoms with Crippen molar-refractivity contribution in [2.24, 2.45) is 5.92 Å². The Bertz CT molecular complexity index is 670. The van der Waals surface area contributed by atoms with Crippen molar-refractivity contribution < 1.29 is 14.6 Å². The standard InChI is InChI=1S/C16H14BrNO3/c17-12-1-3-13(4-2-12)18-16(20)11-7-10-8-14(19)5-6-15(10)21-9-11/h1-6,8,11,19H,7,9H2,(H,18,20)/t11-/m1/s1. The zero-order valence-corrected chi connectivity index (χ0v) is 12.8. The Labute approximate surface area is 130 Å². The Kier molecular flexibility index (Phi) is 3.84. The topological polar surface area (TPSA) is 58.6 Å². The second-order valence-electron chi connectivity index (χ2n) is 5.00. The molecule has 4 nitrogen and oxygen atoms in total. The smallest absolute Gasteiger partial charge is 0.231 e. The molecule has 0 fully saturated rings. The number of amides is 1. The second kappa shape index (κ2) is 5.77. The summed E-state index contributed by atoms with van der Waals surface area (Å²) in [6.07, 6.45) is 0.562. The average molecular weight is 348 g/mol. The minimum atomic E-state index is -0.261. The van der Waals surface area contributed by atoms with Crippen LogP contribution in [0.5, 0.6) is 11.5 Å². The highest BCUT2D eigenvalue weighted by atomic mass is 79.9. The lowest BCUT2D eigenvalue weighted by atomic mass is 9.95. The van der Waals surface area contributed by atoms with Crippen LogP contribution in [0.3, 0.4) is 0 Å². The van der Waals surface area contributed by atoms with Crippen molar-refractivity contribution >= 4 is 27.5 Å². The van der Waals surface area contributed by atoms with Crippen LogP contribution in [0.1, 0.15) is 5.56 Å². The van der Waals surface area contributed by atoms with Gasteiger partial charge >= 0.3 is 0 Å². The highest BCUT2D eigenvalue weighted by molar-refractivity contribution is 9.10. The van der Waals surface area contributed by atoms with Gasteiger partial charge in [0, 0.05) is 10.2 Å². The van der Waals surface area contributed by atoms with Gasteiger partial charge in [-0.15, -0.1) is 0 Å². The number of ether oxygens (including phenoxy) is 1. The number of rotatable bonds is 2. The molecule has 1 heterocycles. The first-order chi connectivity index (χ1) is 10.1. The molecule has 0 saturated carbocycles. The highest BCUT2D eigenvalue weighted by Gasteiger charge is 2.26. The number of halogens is 1. The van der Waals surface area contributed by atoms with E-state index in [4.69, 9.17) is 4.74 Å². The summed E-state index contributed by atoms with van der Waals surface area (Å²) in [5, 5.41) is 12.4. The molecule has 0 saturated heterocycles. The van der Waals surface area contributed by atoms with E-state index in [0.717, 1.165) is 21.5 Å². The minimum Gasteiger partial charge on any atom is -0.508 e. The van der Waals surface area contributed by atoms with Crippen LogP contribution in [0.15, 0.2) is 46.9 Å². The predicted molar refractivity (Wildman–Crippen MR) is 83.6 cm³/mol. The molecule has 1 aliphatic rings. The number of hydrogen-bond donors (Lipinski definition) is 2. The van der Waals surface area contributed by atoms with Gasteiger partial charge in [-0.05, 0) is 54.4 Å². The van der Waals surface area contributed by atoms with E-state index in [-0.39, 0.29) is 17.6 Å². The second-order valence-corrected chi connectivity index (χ2v) is 5.92. The largest absolute Gasteiger partial charge is 0.508 e. The lowest BCUT2D eigenvalue weighted by molar-refractivity contribution is -0.121.